The number of carbonyl (C=O) groups is 1. The first-order valence-corrected chi connectivity index (χ1v) is 7.81. The molecule has 0 spiro atoms. The molecule has 116 valence electrons. The second-order valence-corrected chi connectivity index (χ2v) is 7.11. The Morgan fingerprint density at radius 3 is 2.10 bits per heavy atom. The zero-order chi connectivity index (χ0) is 15.5. The summed E-state index contributed by atoms with van der Waals surface area (Å²) in [4.78, 5) is 11.4. The van der Waals surface area contributed by atoms with Gasteiger partial charge in [-0.1, -0.05) is 45.2 Å². The zero-order valence-corrected chi connectivity index (χ0v) is 13.6. The number of para-hydroxylation sites is 1. The summed E-state index contributed by atoms with van der Waals surface area (Å²) in [6, 6.07) is 7.06. The van der Waals surface area contributed by atoms with Crippen molar-refractivity contribution in [2.24, 2.45) is 5.41 Å². The van der Waals surface area contributed by atoms with Gasteiger partial charge in [0.2, 0.25) is 5.79 Å². The van der Waals surface area contributed by atoms with E-state index in [-0.39, 0.29) is 5.97 Å². The summed E-state index contributed by atoms with van der Waals surface area (Å²) in [5.41, 5.74) is 1.17. The number of rotatable bonds is 0. The molecule has 0 unspecified atom stereocenters. The van der Waals surface area contributed by atoms with E-state index in [4.69, 9.17) is 9.47 Å². The van der Waals surface area contributed by atoms with E-state index in [1.165, 1.54) is 32.1 Å². The average Bonchev–Trinajstić information content (AvgIpc) is 2.37. The van der Waals surface area contributed by atoms with Crippen LogP contribution in [0.3, 0.4) is 0 Å². The summed E-state index contributed by atoms with van der Waals surface area (Å²) < 4.78 is 10.5. The molecule has 0 atom stereocenters. The lowest BCUT2D eigenvalue weighted by Gasteiger charge is -2.31. The van der Waals surface area contributed by atoms with Crippen LogP contribution in [-0.4, -0.2) is 11.8 Å². The van der Waals surface area contributed by atoms with E-state index in [0.717, 1.165) is 0 Å². The van der Waals surface area contributed by atoms with Gasteiger partial charge in [-0.25, -0.2) is 4.79 Å². The van der Waals surface area contributed by atoms with Crippen molar-refractivity contribution in [2.45, 2.75) is 65.6 Å². The molecule has 2 aliphatic rings. The van der Waals surface area contributed by atoms with Gasteiger partial charge in [0.15, 0.2) is 0 Å². The predicted molar refractivity (Wildman–Crippen MR) is 83.4 cm³/mol. The second-order valence-electron chi connectivity index (χ2n) is 7.11. The second kappa shape index (κ2) is 6.08. The van der Waals surface area contributed by atoms with Crippen molar-refractivity contribution >= 4 is 5.97 Å². The Morgan fingerprint density at radius 2 is 1.52 bits per heavy atom. The van der Waals surface area contributed by atoms with E-state index in [1.54, 1.807) is 32.0 Å². The summed E-state index contributed by atoms with van der Waals surface area (Å²) in [5, 5.41) is 0. The van der Waals surface area contributed by atoms with Crippen LogP contribution in [-0.2, 0) is 4.74 Å². The average molecular weight is 290 g/mol. The van der Waals surface area contributed by atoms with Crippen molar-refractivity contribution in [3.63, 3.8) is 0 Å². The van der Waals surface area contributed by atoms with Gasteiger partial charge in [0.25, 0.3) is 0 Å². The molecular formula is C18H26O3. The first-order valence-electron chi connectivity index (χ1n) is 7.81. The highest BCUT2D eigenvalue weighted by atomic mass is 16.7. The fourth-order valence-electron chi connectivity index (χ4n) is 2.80. The van der Waals surface area contributed by atoms with Crippen molar-refractivity contribution in [2.75, 3.05) is 0 Å². The topological polar surface area (TPSA) is 35.5 Å². The van der Waals surface area contributed by atoms with Crippen LogP contribution in [0.25, 0.3) is 0 Å². The summed E-state index contributed by atoms with van der Waals surface area (Å²) in [6.07, 6.45) is 7.31. The Hall–Kier alpha value is -1.51. The minimum absolute atomic E-state index is 0.327. The smallest absolute Gasteiger partial charge is 0.345 e. The number of fused-ring (bicyclic) bond motifs is 1. The van der Waals surface area contributed by atoms with Gasteiger partial charge in [0, 0.05) is 13.8 Å². The number of esters is 1. The molecule has 1 aromatic rings. The van der Waals surface area contributed by atoms with Gasteiger partial charge >= 0.3 is 5.97 Å². The Kier molecular flexibility index (Phi) is 4.60. The SMILES string of the molecule is CC1(C)CCCCC1.CC1(C)OC(=O)c2ccccc2O1. The molecule has 0 aromatic heterocycles. The summed E-state index contributed by atoms with van der Waals surface area (Å²) in [7, 11) is 0. The number of ether oxygens (including phenoxy) is 2. The highest BCUT2D eigenvalue weighted by Crippen LogP contribution is 2.34. The van der Waals surface area contributed by atoms with Crippen LogP contribution < -0.4 is 4.74 Å². The number of hydrogen-bond donors (Lipinski definition) is 0. The van der Waals surface area contributed by atoms with Crippen LogP contribution >= 0.6 is 0 Å². The minimum atomic E-state index is -0.856. The third-order valence-corrected chi connectivity index (χ3v) is 4.01. The van der Waals surface area contributed by atoms with Crippen molar-refractivity contribution in [1.29, 1.82) is 0 Å². The fraction of sp³-hybridized carbons (Fsp3) is 0.611. The quantitative estimate of drug-likeness (QED) is 0.634. The zero-order valence-electron chi connectivity index (χ0n) is 13.6. The normalized spacial score (nSPS) is 22.0. The van der Waals surface area contributed by atoms with Gasteiger partial charge in [0.1, 0.15) is 11.3 Å². The Bertz CT molecular complexity index is 495. The molecular weight excluding hydrogens is 264 g/mol. The monoisotopic (exact) mass is 290 g/mol. The van der Waals surface area contributed by atoms with Crippen molar-refractivity contribution < 1.29 is 14.3 Å². The van der Waals surface area contributed by atoms with Crippen LogP contribution in [0.5, 0.6) is 5.75 Å². The molecule has 3 nitrogen and oxygen atoms in total. The number of carbonyl (C=O) groups excluding carboxylic acids is 1. The van der Waals surface area contributed by atoms with Gasteiger partial charge < -0.3 is 9.47 Å². The molecule has 21 heavy (non-hydrogen) atoms. The predicted octanol–water partition coefficient (Wildman–Crippen LogP) is 4.95. The molecule has 3 rings (SSSR count). The van der Waals surface area contributed by atoms with Crippen molar-refractivity contribution in [1.82, 2.24) is 0 Å². The number of cyclic esters (lactones) is 1. The number of benzene rings is 1. The van der Waals surface area contributed by atoms with E-state index in [1.807, 2.05) is 6.07 Å². The van der Waals surface area contributed by atoms with E-state index in [2.05, 4.69) is 13.8 Å². The molecule has 0 radical (unpaired) electrons. The molecule has 0 bridgehead atoms. The summed E-state index contributed by atoms with van der Waals surface area (Å²) in [6.45, 7) is 8.18. The lowest BCUT2D eigenvalue weighted by atomic mass is 9.78. The first-order chi connectivity index (χ1) is 9.79. The molecule has 1 fully saturated rings. The highest BCUT2D eigenvalue weighted by Gasteiger charge is 2.33. The van der Waals surface area contributed by atoms with E-state index in [0.29, 0.717) is 16.7 Å². The van der Waals surface area contributed by atoms with E-state index < -0.39 is 5.79 Å². The van der Waals surface area contributed by atoms with Crippen molar-refractivity contribution in [3.05, 3.63) is 29.8 Å². The van der Waals surface area contributed by atoms with Gasteiger partial charge in [-0.2, -0.15) is 0 Å². The molecule has 0 saturated heterocycles. The molecule has 1 saturated carbocycles. The van der Waals surface area contributed by atoms with E-state index >= 15 is 0 Å². The molecule has 1 aromatic carbocycles. The van der Waals surface area contributed by atoms with Crippen molar-refractivity contribution in [3.8, 4) is 5.75 Å². The third-order valence-electron chi connectivity index (χ3n) is 4.01. The lowest BCUT2D eigenvalue weighted by molar-refractivity contribution is -0.127. The maximum atomic E-state index is 11.4. The number of hydrogen-bond acceptors (Lipinski definition) is 3. The van der Waals surface area contributed by atoms with Crippen LogP contribution in [0, 0.1) is 5.41 Å². The Balaban J connectivity index is 0.000000173. The molecule has 1 aliphatic carbocycles. The van der Waals surface area contributed by atoms with Gasteiger partial charge in [-0.05, 0) is 30.4 Å². The standard InChI is InChI=1S/C10H10O3.C8H16/c1-10(2)12-8-6-4-3-5-7(8)9(11)13-10;1-8(2)6-4-3-5-7-8/h3-6H,1-2H3;3-7H2,1-2H3. The Labute approximate surface area is 127 Å². The fourth-order valence-corrected chi connectivity index (χ4v) is 2.80. The van der Waals surface area contributed by atoms with Gasteiger partial charge in [-0.3, -0.25) is 0 Å². The van der Waals surface area contributed by atoms with Gasteiger partial charge in [0.05, 0.1) is 0 Å². The van der Waals surface area contributed by atoms with E-state index in [9.17, 15) is 4.79 Å². The summed E-state index contributed by atoms with van der Waals surface area (Å²) in [5.74, 6) is -0.596. The minimum Gasteiger partial charge on any atom is -0.452 e. The van der Waals surface area contributed by atoms with Crippen LogP contribution in [0.4, 0.5) is 0 Å². The largest absolute Gasteiger partial charge is 0.452 e. The Morgan fingerprint density at radius 1 is 0.905 bits per heavy atom. The third kappa shape index (κ3) is 4.48. The molecule has 1 heterocycles. The summed E-state index contributed by atoms with van der Waals surface area (Å²) >= 11 is 0. The van der Waals surface area contributed by atoms with Crippen LogP contribution in [0.1, 0.15) is 70.2 Å². The lowest BCUT2D eigenvalue weighted by Crippen LogP contribution is -2.38. The maximum absolute atomic E-state index is 11.4. The van der Waals surface area contributed by atoms with Gasteiger partial charge in [-0.15, -0.1) is 0 Å². The molecule has 3 heteroatoms. The molecule has 0 amide bonds. The van der Waals surface area contributed by atoms with Crippen LogP contribution in [0.15, 0.2) is 24.3 Å². The molecule has 0 N–H and O–H groups in total. The maximum Gasteiger partial charge on any atom is 0.345 e. The highest BCUT2D eigenvalue weighted by molar-refractivity contribution is 5.93. The van der Waals surface area contributed by atoms with Crippen LogP contribution in [0.2, 0.25) is 0 Å². The first kappa shape index (κ1) is 15.9. The molecule has 1 aliphatic heterocycles.